The van der Waals surface area contributed by atoms with Crippen LogP contribution in [0.1, 0.15) is 40.5 Å². The highest BCUT2D eigenvalue weighted by Crippen LogP contribution is 2.43. The van der Waals surface area contributed by atoms with Crippen LogP contribution in [0, 0.1) is 17.8 Å². The fraction of sp³-hybridized carbons (Fsp3) is 0.368. The summed E-state index contributed by atoms with van der Waals surface area (Å²) in [4.78, 5) is 3.34. The van der Waals surface area contributed by atoms with E-state index in [0.717, 1.165) is 24.9 Å². The van der Waals surface area contributed by atoms with Crippen molar-refractivity contribution in [3.63, 3.8) is 0 Å². The van der Waals surface area contributed by atoms with Gasteiger partial charge in [-0.1, -0.05) is 154 Å². The molecule has 4 aromatic rings. The molecule has 45 heavy (non-hydrogen) atoms. The van der Waals surface area contributed by atoms with Crippen LogP contribution >= 0.6 is 0 Å². The Labute approximate surface area is 271 Å². The van der Waals surface area contributed by atoms with Crippen LogP contribution in [0.2, 0.25) is 12.1 Å². The first-order valence-corrected chi connectivity index (χ1v) is 20.6. The van der Waals surface area contributed by atoms with Crippen LogP contribution in [0.15, 0.2) is 126 Å². The van der Waals surface area contributed by atoms with Crippen LogP contribution in [0.25, 0.3) is 10.4 Å². The second kappa shape index (κ2) is 14.8. The molecule has 1 fully saturated rings. The lowest BCUT2D eigenvalue weighted by Gasteiger charge is -2.47. The van der Waals surface area contributed by atoms with Gasteiger partial charge in [-0.25, -0.2) is 0 Å². The van der Waals surface area contributed by atoms with Gasteiger partial charge in [-0.3, -0.25) is 0 Å². The van der Waals surface area contributed by atoms with E-state index in [2.05, 4.69) is 159 Å². The molecule has 0 spiro atoms. The van der Waals surface area contributed by atoms with Gasteiger partial charge in [0.1, 0.15) is 0 Å². The minimum absolute atomic E-state index is 0.306. The second-order valence-electron chi connectivity index (χ2n) is 13.6. The molecule has 234 valence electrons. The van der Waals surface area contributed by atoms with Gasteiger partial charge in [-0.2, -0.15) is 0 Å². The van der Waals surface area contributed by atoms with Gasteiger partial charge >= 0.3 is 0 Å². The summed E-state index contributed by atoms with van der Waals surface area (Å²) in [5.41, 5.74) is 9.14. The molecule has 1 saturated carbocycles. The quantitative estimate of drug-likeness (QED) is 0.0596. The van der Waals surface area contributed by atoms with Crippen molar-refractivity contribution in [3.05, 3.63) is 132 Å². The van der Waals surface area contributed by atoms with Gasteiger partial charge in [0.05, 0.1) is 5.54 Å². The van der Waals surface area contributed by atoms with E-state index in [1.807, 2.05) is 0 Å². The zero-order valence-electron chi connectivity index (χ0n) is 27.2. The summed E-state index contributed by atoms with van der Waals surface area (Å²) in [6, 6.07) is 45.0. The molecular formula is C38H47N3O2Si2. The molecule has 0 N–H and O–H groups in total. The molecule has 0 amide bonds. The van der Waals surface area contributed by atoms with Gasteiger partial charge in [-0.05, 0) is 69.0 Å². The molecule has 1 aliphatic carbocycles. The standard InChI is InChI=1S/C38H47N3O2Si2/c1-31(2)28-44(34-17-9-5-10-18-34,35-19-11-6-12-20-35)42-27-33-25-38(26-33,40-41-39)30-43-45(29-32(3)4,36-21-13-7-14-22-36)37-23-15-8-16-24-37/h5-24,31-33H,25-30H2,1-4H3. The molecule has 0 unspecified atom stereocenters. The SMILES string of the molecule is CC(C)C[Si](OCC1CC(CO[Si](CC(C)C)(c2ccccc2)c2ccccc2)(N=[N+]=[N-])C1)(c1ccccc1)c1ccccc1. The number of benzene rings is 4. The largest absolute Gasteiger partial charge is 0.408 e. The van der Waals surface area contributed by atoms with Crippen molar-refractivity contribution in [2.75, 3.05) is 13.2 Å². The van der Waals surface area contributed by atoms with Gasteiger partial charge in [0.25, 0.3) is 16.6 Å². The van der Waals surface area contributed by atoms with Crippen molar-refractivity contribution in [2.24, 2.45) is 22.9 Å². The van der Waals surface area contributed by atoms with E-state index in [-0.39, 0.29) is 0 Å². The number of hydrogen-bond acceptors (Lipinski definition) is 3. The maximum atomic E-state index is 9.71. The van der Waals surface area contributed by atoms with E-state index in [9.17, 15) is 5.53 Å². The van der Waals surface area contributed by atoms with Crippen LogP contribution in [0.3, 0.4) is 0 Å². The Bertz CT molecular complexity index is 1440. The van der Waals surface area contributed by atoms with Crippen LogP contribution in [0.4, 0.5) is 0 Å². The maximum Gasteiger partial charge on any atom is 0.255 e. The molecule has 0 aliphatic heterocycles. The van der Waals surface area contributed by atoms with Crippen molar-refractivity contribution in [1.29, 1.82) is 0 Å². The highest BCUT2D eigenvalue weighted by Gasteiger charge is 2.49. The molecule has 4 aromatic carbocycles. The number of azide groups is 1. The first-order chi connectivity index (χ1) is 21.8. The lowest BCUT2D eigenvalue weighted by molar-refractivity contribution is 0.0506. The maximum absolute atomic E-state index is 9.71. The van der Waals surface area contributed by atoms with Crippen molar-refractivity contribution in [1.82, 2.24) is 0 Å². The van der Waals surface area contributed by atoms with Crippen LogP contribution < -0.4 is 20.7 Å². The first kappa shape index (κ1) is 32.9. The average molecular weight is 634 g/mol. The van der Waals surface area contributed by atoms with Crippen molar-refractivity contribution in [2.45, 2.75) is 58.2 Å². The molecule has 5 rings (SSSR count). The lowest BCUT2D eigenvalue weighted by Crippen LogP contribution is -2.64. The molecular weight excluding hydrogens is 587 g/mol. The predicted octanol–water partition coefficient (Wildman–Crippen LogP) is 7.31. The van der Waals surface area contributed by atoms with Gasteiger partial charge in [0, 0.05) is 18.1 Å². The van der Waals surface area contributed by atoms with Gasteiger partial charge < -0.3 is 8.85 Å². The fourth-order valence-electron chi connectivity index (χ4n) is 7.21. The molecule has 0 heterocycles. The number of nitrogens with zero attached hydrogens (tertiary/aromatic N) is 3. The highest BCUT2D eigenvalue weighted by atomic mass is 28.4. The summed E-state index contributed by atoms with van der Waals surface area (Å²) in [6.07, 6.45) is 1.53. The molecule has 0 saturated heterocycles. The van der Waals surface area contributed by atoms with Crippen LogP contribution in [-0.4, -0.2) is 35.4 Å². The molecule has 7 heteroatoms. The molecule has 0 atom stereocenters. The normalized spacial score (nSPS) is 18.4. The van der Waals surface area contributed by atoms with Gasteiger partial charge in [0.15, 0.2) is 0 Å². The number of rotatable bonds is 15. The Morgan fingerprint density at radius 2 is 1.00 bits per heavy atom. The Morgan fingerprint density at radius 1 is 0.644 bits per heavy atom. The van der Waals surface area contributed by atoms with E-state index in [4.69, 9.17) is 8.85 Å². The Kier molecular flexibility index (Phi) is 10.8. The minimum Gasteiger partial charge on any atom is -0.408 e. The molecule has 0 radical (unpaired) electrons. The third kappa shape index (κ3) is 7.51. The highest BCUT2D eigenvalue weighted by molar-refractivity contribution is 6.98. The Hall–Kier alpha value is -3.46. The van der Waals surface area contributed by atoms with E-state index >= 15 is 0 Å². The number of hydrogen-bond donors (Lipinski definition) is 0. The van der Waals surface area contributed by atoms with Crippen molar-refractivity contribution < 1.29 is 8.85 Å². The summed E-state index contributed by atoms with van der Waals surface area (Å²) in [7, 11) is -5.12. The summed E-state index contributed by atoms with van der Waals surface area (Å²) in [5.74, 6) is 1.24. The zero-order valence-corrected chi connectivity index (χ0v) is 29.2. The first-order valence-electron chi connectivity index (χ1n) is 16.4. The van der Waals surface area contributed by atoms with E-state index in [1.165, 1.54) is 20.7 Å². The Morgan fingerprint density at radius 3 is 1.33 bits per heavy atom. The lowest BCUT2D eigenvalue weighted by atomic mass is 9.70. The molecule has 1 aliphatic rings. The van der Waals surface area contributed by atoms with E-state index < -0.39 is 22.2 Å². The summed E-state index contributed by atoms with van der Waals surface area (Å²) in [5, 5.41) is 9.56. The van der Waals surface area contributed by atoms with E-state index in [0.29, 0.717) is 31.0 Å². The Balaban J connectivity index is 1.39. The third-order valence-corrected chi connectivity index (χ3v) is 18.2. The molecule has 0 aromatic heterocycles. The minimum atomic E-state index is -2.62. The van der Waals surface area contributed by atoms with E-state index in [1.54, 1.807) is 0 Å². The smallest absolute Gasteiger partial charge is 0.255 e. The average Bonchev–Trinajstić information content (AvgIpc) is 3.05. The predicted molar refractivity (Wildman–Crippen MR) is 192 cm³/mol. The van der Waals surface area contributed by atoms with Crippen LogP contribution in [0.5, 0.6) is 0 Å². The third-order valence-electron chi connectivity index (χ3n) is 9.10. The molecule has 5 nitrogen and oxygen atoms in total. The van der Waals surface area contributed by atoms with Gasteiger partial charge in [-0.15, -0.1) is 0 Å². The van der Waals surface area contributed by atoms with Gasteiger partial charge in [0.2, 0.25) is 0 Å². The summed E-state index contributed by atoms with van der Waals surface area (Å²) >= 11 is 0. The van der Waals surface area contributed by atoms with Crippen molar-refractivity contribution in [3.8, 4) is 0 Å². The monoisotopic (exact) mass is 633 g/mol. The summed E-state index contributed by atoms with van der Waals surface area (Å²) in [6.45, 7) is 10.2. The zero-order chi connectivity index (χ0) is 31.8. The van der Waals surface area contributed by atoms with Crippen LogP contribution in [-0.2, 0) is 8.85 Å². The fourth-order valence-corrected chi connectivity index (χ4v) is 16.0. The molecule has 0 bridgehead atoms. The second-order valence-corrected chi connectivity index (χ2v) is 20.6. The topological polar surface area (TPSA) is 67.2 Å². The van der Waals surface area contributed by atoms with Crippen molar-refractivity contribution >= 4 is 37.4 Å². The summed E-state index contributed by atoms with van der Waals surface area (Å²) < 4.78 is 14.4.